The number of allylic oxidation sites excluding steroid dienone is 1. The van der Waals surface area contributed by atoms with Crippen LogP contribution in [0.1, 0.15) is 41.8 Å². The molecular weight excluding hydrogens is 423 g/mol. The molecule has 1 heterocycles. The summed E-state index contributed by atoms with van der Waals surface area (Å²) in [4.78, 5) is 0. The smallest absolute Gasteiger partial charge is 0.249 e. The second kappa shape index (κ2) is 9.49. The number of nitrogens with zero attached hydrogens (tertiary/aromatic N) is 3. The predicted octanol–water partition coefficient (Wildman–Crippen LogP) is 5.11. The molecule has 2 aromatic carbocycles. The zero-order chi connectivity index (χ0) is 22.5. The first-order valence-electron chi connectivity index (χ1n) is 9.38. The van der Waals surface area contributed by atoms with Crippen molar-refractivity contribution < 1.29 is 18.3 Å². The van der Waals surface area contributed by atoms with Crippen LogP contribution in [-0.2, 0) is 11.2 Å². The number of benzene rings is 2. The molecule has 0 amide bonds. The van der Waals surface area contributed by atoms with E-state index in [1.807, 2.05) is 19.9 Å². The number of hydrogen-bond acceptors (Lipinski definition) is 7. The number of nitrogens with two attached hydrogens (primary N) is 1. The quantitative estimate of drug-likeness (QED) is 0.506. The summed E-state index contributed by atoms with van der Waals surface area (Å²) in [6, 6.07) is 9.98. The van der Waals surface area contributed by atoms with Crippen molar-refractivity contribution in [3.05, 3.63) is 75.5 Å². The van der Waals surface area contributed by atoms with E-state index in [2.05, 4.69) is 10.2 Å². The van der Waals surface area contributed by atoms with Gasteiger partial charge in [0.1, 0.15) is 5.75 Å². The van der Waals surface area contributed by atoms with E-state index in [0.717, 1.165) is 5.56 Å². The molecule has 0 atom stereocenters. The van der Waals surface area contributed by atoms with E-state index in [1.165, 1.54) is 25.3 Å². The predicted molar refractivity (Wildman–Crippen MR) is 113 cm³/mol. The van der Waals surface area contributed by atoms with Crippen molar-refractivity contribution in [3.8, 4) is 17.6 Å². The van der Waals surface area contributed by atoms with Crippen molar-refractivity contribution in [2.45, 2.75) is 26.7 Å². The summed E-state index contributed by atoms with van der Waals surface area (Å²) in [7, 11) is 1.45. The number of rotatable bonds is 7. The van der Waals surface area contributed by atoms with Gasteiger partial charge in [-0.15, -0.1) is 10.2 Å². The van der Waals surface area contributed by atoms with E-state index in [0.29, 0.717) is 23.3 Å². The molecule has 0 saturated heterocycles. The monoisotopic (exact) mass is 442 g/mol. The van der Waals surface area contributed by atoms with Gasteiger partial charge in [-0.3, -0.25) is 0 Å². The van der Waals surface area contributed by atoms with Crippen molar-refractivity contribution in [2.75, 3.05) is 7.11 Å². The lowest BCUT2D eigenvalue weighted by Gasteiger charge is -2.12. The van der Waals surface area contributed by atoms with Crippen LogP contribution >= 0.6 is 11.6 Å². The van der Waals surface area contributed by atoms with Gasteiger partial charge in [-0.25, -0.2) is 4.39 Å². The van der Waals surface area contributed by atoms with Crippen molar-refractivity contribution in [2.24, 2.45) is 5.73 Å². The van der Waals surface area contributed by atoms with Crippen LogP contribution in [0, 0.1) is 24.1 Å². The highest BCUT2D eigenvalue weighted by Gasteiger charge is 2.19. The molecular formula is C22H20ClFN4O3. The molecule has 0 aliphatic heterocycles. The molecule has 160 valence electrons. The molecule has 31 heavy (non-hydrogen) atoms. The van der Waals surface area contributed by atoms with Gasteiger partial charge in [0.2, 0.25) is 11.8 Å². The average molecular weight is 443 g/mol. The van der Waals surface area contributed by atoms with Gasteiger partial charge in [0, 0.05) is 5.56 Å². The maximum absolute atomic E-state index is 15.2. The normalized spacial score (nSPS) is 11.6. The number of aromatic nitrogens is 2. The summed E-state index contributed by atoms with van der Waals surface area (Å²) in [5.74, 6) is 0.0928. The standard InChI is InChI=1S/C22H20ClFN4O3/c1-4-16(21(26)29-3)22-28-27-18(31-22)10-14-5-6-17(23)20(19(14)24)30-15-8-12(2)7-13(9-15)11-25/h5-9H,4,10,26H2,1-3H3/b21-16+. The summed E-state index contributed by atoms with van der Waals surface area (Å²) in [6.45, 7) is 3.68. The first-order chi connectivity index (χ1) is 14.9. The largest absolute Gasteiger partial charge is 0.482 e. The summed E-state index contributed by atoms with van der Waals surface area (Å²) < 4.78 is 31.5. The van der Waals surface area contributed by atoms with E-state index in [9.17, 15) is 0 Å². The Kier molecular flexibility index (Phi) is 6.78. The number of ether oxygens (including phenoxy) is 2. The van der Waals surface area contributed by atoms with Gasteiger partial charge in [0.05, 0.1) is 35.8 Å². The molecule has 3 rings (SSSR count). The molecule has 0 aliphatic carbocycles. The molecule has 0 aliphatic rings. The lowest BCUT2D eigenvalue weighted by molar-refractivity contribution is 0.287. The highest BCUT2D eigenvalue weighted by molar-refractivity contribution is 6.32. The lowest BCUT2D eigenvalue weighted by atomic mass is 10.1. The van der Waals surface area contributed by atoms with Gasteiger partial charge in [0.25, 0.3) is 0 Å². The Morgan fingerprint density at radius 1 is 1.29 bits per heavy atom. The van der Waals surface area contributed by atoms with Gasteiger partial charge < -0.3 is 19.6 Å². The van der Waals surface area contributed by atoms with Crippen molar-refractivity contribution in [3.63, 3.8) is 0 Å². The molecule has 1 aromatic heterocycles. The van der Waals surface area contributed by atoms with Crippen LogP contribution in [0.4, 0.5) is 4.39 Å². The molecule has 2 N–H and O–H groups in total. The van der Waals surface area contributed by atoms with E-state index >= 15 is 4.39 Å². The maximum Gasteiger partial charge on any atom is 0.249 e. The SMILES string of the molecule is CC/C(=C(/N)OC)c1nnc(Cc2ccc(Cl)c(Oc3cc(C)cc(C#N)c3)c2F)o1. The molecule has 0 bridgehead atoms. The Balaban J connectivity index is 1.90. The van der Waals surface area contributed by atoms with E-state index < -0.39 is 5.82 Å². The second-order valence-corrected chi connectivity index (χ2v) is 7.08. The van der Waals surface area contributed by atoms with Gasteiger partial charge in [-0.05, 0) is 43.2 Å². The van der Waals surface area contributed by atoms with Gasteiger partial charge in [-0.2, -0.15) is 5.26 Å². The summed E-state index contributed by atoms with van der Waals surface area (Å²) in [6.07, 6.45) is 0.545. The summed E-state index contributed by atoms with van der Waals surface area (Å²) in [5, 5.41) is 17.2. The fourth-order valence-electron chi connectivity index (χ4n) is 2.96. The van der Waals surface area contributed by atoms with Crippen LogP contribution in [0.25, 0.3) is 5.57 Å². The van der Waals surface area contributed by atoms with Crippen LogP contribution in [-0.4, -0.2) is 17.3 Å². The number of halogens is 2. The third kappa shape index (κ3) is 4.95. The van der Waals surface area contributed by atoms with E-state index in [-0.39, 0.29) is 40.4 Å². The molecule has 0 fully saturated rings. The Hall–Kier alpha value is -3.57. The maximum atomic E-state index is 15.2. The highest BCUT2D eigenvalue weighted by Crippen LogP contribution is 2.35. The highest BCUT2D eigenvalue weighted by atomic mass is 35.5. The Labute approximate surface area is 183 Å². The lowest BCUT2D eigenvalue weighted by Crippen LogP contribution is -2.04. The van der Waals surface area contributed by atoms with Gasteiger partial charge in [-0.1, -0.05) is 24.6 Å². The molecule has 3 aromatic rings. The molecule has 0 unspecified atom stereocenters. The third-order valence-corrected chi connectivity index (χ3v) is 4.76. The summed E-state index contributed by atoms with van der Waals surface area (Å²) >= 11 is 6.17. The number of hydrogen-bond donors (Lipinski definition) is 1. The van der Waals surface area contributed by atoms with Crippen LogP contribution < -0.4 is 10.5 Å². The molecule has 0 spiro atoms. The Morgan fingerprint density at radius 3 is 2.74 bits per heavy atom. The molecule has 0 saturated carbocycles. The van der Waals surface area contributed by atoms with Crippen molar-refractivity contribution in [1.82, 2.24) is 10.2 Å². The molecule has 7 nitrogen and oxygen atoms in total. The molecule has 9 heteroatoms. The minimum absolute atomic E-state index is 0.0213. The Bertz CT molecular complexity index is 1180. The van der Waals surface area contributed by atoms with Crippen LogP contribution in [0.2, 0.25) is 5.02 Å². The number of methoxy groups -OCH3 is 1. The first-order valence-corrected chi connectivity index (χ1v) is 9.75. The minimum atomic E-state index is -0.657. The van der Waals surface area contributed by atoms with Gasteiger partial charge >= 0.3 is 0 Å². The number of nitriles is 1. The molecule has 0 radical (unpaired) electrons. The first kappa shape index (κ1) is 22.1. The minimum Gasteiger partial charge on any atom is -0.482 e. The zero-order valence-electron chi connectivity index (χ0n) is 17.2. The fraction of sp³-hybridized carbons (Fsp3) is 0.227. The van der Waals surface area contributed by atoms with Crippen LogP contribution in [0.15, 0.2) is 40.6 Å². The van der Waals surface area contributed by atoms with Crippen molar-refractivity contribution in [1.29, 1.82) is 5.26 Å². The average Bonchev–Trinajstić information content (AvgIpc) is 3.21. The second-order valence-electron chi connectivity index (χ2n) is 6.68. The third-order valence-electron chi connectivity index (χ3n) is 4.47. The van der Waals surface area contributed by atoms with E-state index in [1.54, 1.807) is 12.1 Å². The van der Waals surface area contributed by atoms with Crippen molar-refractivity contribution >= 4 is 17.2 Å². The van der Waals surface area contributed by atoms with Crippen LogP contribution in [0.3, 0.4) is 0 Å². The zero-order valence-corrected chi connectivity index (χ0v) is 18.0. The summed E-state index contributed by atoms with van der Waals surface area (Å²) in [5.41, 5.74) is 7.82. The van der Waals surface area contributed by atoms with Crippen LogP contribution in [0.5, 0.6) is 11.5 Å². The number of aryl methyl sites for hydroxylation is 1. The topological polar surface area (TPSA) is 107 Å². The Morgan fingerprint density at radius 2 is 2.06 bits per heavy atom. The van der Waals surface area contributed by atoms with E-state index in [4.69, 9.17) is 36.5 Å². The van der Waals surface area contributed by atoms with Gasteiger partial charge in [0.15, 0.2) is 17.4 Å². The fourth-order valence-corrected chi connectivity index (χ4v) is 3.14.